The minimum Gasteiger partial charge on any atom is -0.475 e. The number of carbonyl (C=O) groups excluding carboxylic acids is 1. The fraction of sp³-hybridized carbons (Fsp3) is 0.611. The Hall–Kier alpha value is -2.77. The van der Waals surface area contributed by atoms with Gasteiger partial charge in [-0.05, 0) is 38.4 Å². The Morgan fingerprint density at radius 3 is 2.28 bits per heavy atom. The van der Waals surface area contributed by atoms with Gasteiger partial charge in [-0.1, -0.05) is 6.92 Å². The molecule has 1 aliphatic rings. The molecule has 1 aromatic rings. The van der Waals surface area contributed by atoms with Gasteiger partial charge in [0.05, 0.1) is 5.41 Å². The van der Waals surface area contributed by atoms with Crippen molar-refractivity contribution >= 4 is 11.9 Å². The molecule has 2 rings (SSSR count). The molecule has 182 valence electrons. The van der Waals surface area contributed by atoms with Gasteiger partial charge in [0, 0.05) is 18.8 Å². The van der Waals surface area contributed by atoms with Crippen molar-refractivity contribution in [2.75, 3.05) is 19.7 Å². The fourth-order valence-electron chi connectivity index (χ4n) is 2.37. The number of aliphatic carboxylic acids is 1. The van der Waals surface area contributed by atoms with Gasteiger partial charge in [-0.25, -0.2) is 9.78 Å². The molecule has 1 saturated heterocycles. The van der Waals surface area contributed by atoms with Gasteiger partial charge < -0.3 is 25.2 Å². The van der Waals surface area contributed by atoms with Gasteiger partial charge in [-0.2, -0.15) is 13.2 Å². The number of nitrogens with one attached hydrogen (secondary N) is 2. The Bertz CT molecular complexity index is 785. The molecule has 0 radical (unpaired) electrons. The SMILES string of the molecule is CC1CNCC1NC(=O)C(C)(C)COc1ncccc1OC(F)(F)F.O=C(O)C(F)(F)F. The lowest BCUT2D eigenvalue weighted by atomic mass is 9.92. The number of carboxylic acids is 1. The summed E-state index contributed by atoms with van der Waals surface area (Å²) in [5.41, 5.74) is -0.949. The number of ether oxygens (including phenoxy) is 2. The van der Waals surface area contributed by atoms with E-state index in [0.29, 0.717) is 12.5 Å². The van der Waals surface area contributed by atoms with E-state index in [1.807, 2.05) is 6.92 Å². The van der Waals surface area contributed by atoms with Crippen LogP contribution in [-0.2, 0) is 9.59 Å². The molecule has 2 atom stereocenters. The van der Waals surface area contributed by atoms with Crippen molar-refractivity contribution in [2.45, 2.75) is 39.4 Å². The lowest BCUT2D eigenvalue weighted by Crippen LogP contribution is -2.48. The highest BCUT2D eigenvalue weighted by molar-refractivity contribution is 5.82. The minimum absolute atomic E-state index is 0.0192. The molecule has 2 unspecified atom stereocenters. The highest BCUT2D eigenvalue weighted by Gasteiger charge is 2.38. The van der Waals surface area contributed by atoms with Crippen molar-refractivity contribution in [3.63, 3.8) is 0 Å². The van der Waals surface area contributed by atoms with Gasteiger partial charge in [0.15, 0.2) is 5.75 Å². The van der Waals surface area contributed by atoms with Gasteiger partial charge in [0.25, 0.3) is 5.88 Å². The Morgan fingerprint density at radius 2 is 1.81 bits per heavy atom. The van der Waals surface area contributed by atoms with Gasteiger partial charge >= 0.3 is 18.5 Å². The predicted molar refractivity (Wildman–Crippen MR) is 97.9 cm³/mol. The van der Waals surface area contributed by atoms with Crippen molar-refractivity contribution in [2.24, 2.45) is 11.3 Å². The number of rotatable bonds is 6. The molecule has 0 aliphatic carbocycles. The molecule has 1 fully saturated rings. The maximum atomic E-state index is 12.5. The van der Waals surface area contributed by atoms with E-state index in [-0.39, 0.29) is 24.4 Å². The third kappa shape index (κ3) is 9.16. The molecule has 32 heavy (non-hydrogen) atoms. The van der Waals surface area contributed by atoms with Crippen LogP contribution < -0.4 is 20.1 Å². The summed E-state index contributed by atoms with van der Waals surface area (Å²) in [6, 6.07) is 2.43. The molecule has 2 heterocycles. The van der Waals surface area contributed by atoms with Crippen LogP contribution in [0, 0.1) is 11.3 Å². The second-order valence-corrected chi connectivity index (χ2v) is 7.55. The Kier molecular flexibility index (Phi) is 9.12. The van der Waals surface area contributed by atoms with Crippen molar-refractivity contribution in [3.8, 4) is 11.6 Å². The van der Waals surface area contributed by atoms with E-state index in [9.17, 15) is 31.1 Å². The average Bonchev–Trinajstić information content (AvgIpc) is 3.04. The monoisotopic (exact) mass is 475 g/mol. The highest BCUT2D eigenvalue weighted by Crippen LogP contribution is 2.31. The maximum Gasteiger partial charge on any atom is 0.573 e. The summed E-state index contributed by atoms with van der Waals surface area (Å²) in [7, 11) is 0. The van der Waals surface area contributed by atoms with Gasteiger partial charge in [-0.3, -0.25) is 4.79 Å². The van der Waals surface area contributed by atoms with Gasteiger partial charge in [0.1, 0.15) is 6.61 Å². The topological polar surface area (TPSA) is 110 Å². The van der Waals surface area contributed by atoms with Crippen LogP contribution in [0.3, 0.4) is 0 Å². The third-order valence-electron chi connectivity index (χ3n) is 4.22. The molecule has 0 spiro atoms. The largest absolute Gasteiger partial charge is 0.573 e. The zero-order valence-electron chi connectivity index (χ0n) is 17.3. The number of pyridine rings is 1. The van der Waals surface area contributed by atoms with E-state index in [0.717, 1.165) is 12.6 Å². The normalized spacial score (nSPS) is 18.9. The first-order chi connectivity index (χ1) is 14.5. The van der Waals surface area contributed by atoms with Crippen LogP contribution in [0.5, 0.6) is 11.6 Å². The zero-order chi connectivity index (χ0) is 24.7. The van der Waals surface area contributed by atoms with E-state index in [4.69, 9.17) is 14.6 Å². The number of hydrogen-bond acceptors (Lipinski definition) is 6. The molecule has 3 N–H and O–H groups in total. The molecule has 0 aromatic carbocycles. The standard InChI is InChI=1S/C16H22F3N3O3.C2HF3O2/c1-10-7-20-8-11(10)22-14(23)15(2,3)9-24-13-12(5-4-6-21-13)25-16(17,18)19;3-2(4,5)1(6)7/h4-6,10-11,20H,7-9H2,1-3H3,(H,22,23);(H,6,7). The number of hydrogen-bond donors (Lipinski definition) is 3. The molecule has 14 heteroatoms. The summed E-state index contributed by atoms with van der Waals surface area (Å²) >= 11 is 0. The number of nitrogens with zero attached hydrogens (tertiary/aromatic N) is 1. The smallest absolute Gasteiger partial charge is 0.475 e. The van der Waals surface area contributed by atoms with Crippen LogP contribution >= 0.6 is 0 Å². The van der Waals surface area contributed by atoms with E-state index in [1.165, 1.54) is 12.3 Å². The Labute approximate surface area is 179 Å². The second-order valence-electron chi connectivity index (χ2n) is 7.55. The average molecular weight is 475 g/mol. The quantitative estimate of drug-likeness (QED) is 0.543. The first-order valence-electron chi connectivity index (χ1n) is 9.18. The van der Waals surface area contributed by atoms with E-state index < -0.39 is 29.7 Å². The van der Waals surface area contributed by atoms with Crippen LogP contribution in [0.4, 0.5) is 26.3 Å². The van der Waals surface area contributed by atoms with E-state index in [2.05, 4.69) is 20.4 Å². The van der Waals surface area contributed by atoms with Crippen molar-refractivity contribution < 1.29 is 50.5 Å². The Morgan fingerprint density at radius 1 is 1.22 bits per heavy atom. The van der Waals surface area contributed by atoms with Crippen molar-refractivity contribution in [3.05, 3.63) is 18.3 Å². The molecular formula is C18H23F6N3O5. The summed E-state index contributed by atoms with van der Waals surface area (Å²) in [6.07, 6.45) is -8.64. The van der Waals surface area contributed by atoms with Crippen molar-refractivity contribution in [1.82, 2.24) is 15.6 Å². The van der Waals surface area contributed by atoms with E-state index >= 15 is 0 Å². The molecule has 0 saturated carbocycles. The summed E-state index contributed by atoms with van der Waals surface area (Å²) in [6.45, 7) is 6.72. The summed E-state index contributed by atoms with van der Waals surface area (Å²) in [4.78, 5) is 25.1. The first-order valence-corrected chi connectivity index (χ1v) is 9.18. The number of aromatic nitrogens is 1. The molecule has 1 amide bonds. The maximum absolute atomic E-state index is 12.5. The molecule has 1 aliphatic heterocycles. The van der Waals surface area contributed by atoms with E-state index in [1.54, 1.807) is 13.8 Å². The molecular weight excluding hydrogens is 452 g/mol. The summed E-state index contributed by atoms with van der Waals surface area (Å²) < 4.78 is 78.2. The number of carbonyl (C=O) groups is 2. The van der Waals surface area contributed by atoms with Crippen LogP contribution in [0.25, 0.3) is 0 Å². The van der Waals surface area contributed by atoms with Gasteiger partial charge in [-0.15, -0.1) is 13.2 Å². The lowest BCUT2D eigenvalue weighted by molar-refractivity contribution is -0.275. The van der Waals surface area contributed by atoms with Gasteiger partial charge in [0.2, 0.25) is 5.91 Å². The highest BCUT2D eigenvalue weighted by atomic mass is 19.4. The van der Waals surface area contributed by atoms with Crippen LogP contribution in [0.15, 0.2) is 18.3 Å². The number of alkyl halides is 6. The second kappa shape index (κ2) is 10.7. The number of amides is 1. The van der Waals surface area contributed by atoms with Crippen LogP contribution in [0.1, 0.15) is 20.8 Å². The van der Waals surface area contributed by atoms with Crippen LogP contribution in [0.2, 0.25) is 0 Å². The molecule has 0 bridgehead atoms. The van der Waals surface area contributed by atoms with Crippen molar-refractivity contribution in [1.29, 1.82) is 0 Å². The summed E-state index contributed by atoms with van der Waals surface area (Å²) in [5.74, 6) is -3.53. The summed E-state index contributed by atoms with van der Waals surface area (Å²) in [5, 5.41) is 13.3. The molecule has 8 nitrogen and oxygen atoms in total. The predicted octanol–water partition coefficient (Wildman–Crippen LogP) is 2.74. The lowest BCUT2D eigenvalue weighted by Gasteiger charge is -2.27. The zero-order valence-corrected chi connectivity index (χ0v) is 17.3. The third-order valence-corrected chi connectivity index (χ3v) is 4.22. The first kappa shape index (κ1) is 27.3. The molecule has 1 aromatic heterocycles. The van der Waals surface area contributed by atoms with Crippen LogP contribution in [-0.4, -0.2) is 60.2 Å². The Balaban J connectivity index is 0.000000633. The minimum atomic E-state index is -5.08. The number of halogens is 6. The fourth-order valence-corrected chi connectivity index (χ4v) is 2.37. The number of carboxylic acid groups (broad SMARTS) is 1.